The summed E-state index contributed by atoms with van der Waals surface area (Å²) in [5, 5.41) is 11.3. The van der Waals surface area contributed by atoms with Gasteiger partial charge >= 0.3 is 0 Å². The van der Waals surface area contributed by atoms with Crippen molar-refractivity contribution in [2.75, 3.05) is 14.2 Å². The van der Waals surface area contributed by atoms with Crippen molar-refractivity contribution < 1.29 is 14.4 Å². The molecule has 4 heteroatoms. The number of aliphatic imine (C=N–C) groups is 1. The molecule has 0 aliphatic heterocycles. The Balaban J connectivity index is 3.56. The van der Waals surface area contributed by atoms with Gasteiger partial charge in [-0.3, -0.25) is 0 Å². The van der Waals surface area contributed by atoms with Crippen molar-refractivity contribution in [2.24, 2.45) is 4.99 Å². The summed E-state index contributed by atoms with van der Waals surface area (Å²) < 4.78 is 7.26. The summed E-state index contributed by atoms with van der Waals surface area (Å²) in [6.45, 7) is 16.3. The average molecular weight is 305 g/mol. The highest BCUT2D eigenvalue weighted by Crippen LogP contribution is 2.43. The lowest BCUT2D eigenvalue weighted by atomic mass is 9.73. The van der Waals surface area contributed by atoms with Crippen molar-refractivity contribution in [3.05, 3.63) is 36.0 Å². The molecular formula is C18H29N2O2+. The van der Waals surface area contributed by atoms with Gasteiger partial charge in [0.25, 0.3) is 6.34 Å². The lowest BCUT2D eigenvalue weighted by Gasteiger charge is -2.46. The molecule has 0 saturated carbocycles. The van der Waals surface area contributed by atoms with E-state index in [1.807, 2.05) is 13.0 Å². The summed E-state index contributed by atoms with van der Waals surface area (Å²) in [5.41, 5.74) is 1.70. The number of rotatable bonds is 5. The topological polar surface area (TPSA) is 44.8 Å². The number of hydrogen-bond acceptors (Lipinski definition) is 3. The second-order valence-electron chi connectivity index (χ2n) is 5.74. The molecular weight excluding hydrogens is 276 g/mol. The predicted molar refractivity (Wildman–Crippen MR) is 92.7 cm³/mol. The quantitative estimate of drug-likeness (QED) is 0.367. The van der Waals surface area contributed by atoms with Crippen molar-refractivity contribution in [2.45, 2.75) is 50.9 Å². The number of hydrogen-bond donors (Lipinski definition) is 1. The van der Waals surface area contributed by atoms with Crippen LogP contribution in [-0.4, -0.2) is 48.2 Å². The smallest absolute Gasteiger partial charge is 0.279 e. The van der Waals surface area contributed by atoms with Crippen LogP contribution in [0.2, 0.25) is 0 Å². The Morgan fingerprint density at radius 2 is 2.09 bits per heavy atom. The van der Waals surface area contributed by atoms with Crippen molar-refractivity contribution in [1.82, 2.24) is 0 Å². The molecule has 1 aliphatic rings. The molecule has 4 nitrogen and oxygen atoms in total. The third-order valence-corrected chi connectivity index (χ3v) is 4.80. The molecule has 1 aliphatic carbocycles. The van der Waals surface area contributed by atoms with E-state index >= 15 is 0 Å². The third-order valence-electron chi connectivity index (χ3n) is 4.80. The minimum Gasteiger partial charge on any atom is -0.358 e. The van der Waals surface area contributed by atoms with Gasteiger partial charge in [0.2, 0.25) is 5.79 Å². The van der Waals surface area contributed by atoms with Crippen molar-refractivity contribution in [3.63, 3.8) is 0 Å². The monoisotopic (exact) mass is 305 g/mol. The summed E-state index contributed by atoms with van der Waals surface area (Å²) in [6.07, 6.45) is 6.74. The molecule has 1 N–H and O–H groups in total. The van der Waals surface area contributed by atoms with Gasteiger partial charge in [0, 0.05) is 19.1 Å². The molecule has 0 aromatic heterocycles. The van der Waals surface area contributed by atoms with Crippen LogP contribution < -0.4 is 0 Å². The fourth-order valence-electron chi connectivity index (χ4n) is 3.24. The summed E-state index contributed by atoms with van der Waals surface area (Å²) in [5.74, 6) is -1.57. The molecule has 2 atom stereocenters. The fourth-order valence-corrected chi connectivity index (χ4v) is 3.24. The highest BCUT2D eigenvalue weighted by molar-refractivity contribution is 5.51. The maximum absolute atomic E-state index is 11.3. The van der Waals surface area contributed by atoms with Crippen LogP contribution >= 0.6 is 0 Å². The van der Waals surface area contributed by atoms with E-state index in [2.05, 4.69) is 31.8 Å². The Morgan fingerprint density at radius 1 is 1.45 bits per heavy atom. The summed E-state index contributed by atoms with van der Waals surface area (Å²) in [6, 6.07) is 0. The normalized spacial score (nSPS) is 32.5. The first-order valence-corrected chi connectivity index (χ1v) is 7.70. The van der Waals surface area contributed by atoms with Gasteiger partial charge in [0.15, 0.2) is 5.54 Å². The van der Waals surface area contributed by atoms with E-state index in [0.29, 0.717) is 24.0 Å². The largest absolute Gasteiger partial charge is 0.358 e. The summed E-state index contributed by atoms with van der Waals surface area (Å²) in [7, 11) is 3.17. The molecule has 2 unspecified atom stereocenters. The molecule has 122 valence electrons. The van der Waals surface area contributed by atoms with Gasteiger partial charge in [0.05, 0.1) is 6.72 Å². The lowest BCUT2D eigenvalue weighted by molar-refractivity contribution is -0.546. The molecule has 0 heterocycles. The molecule has 1 rings (SSSR count). The molecule has 0 fully saturated rings. The minimum atomic E-state index is -1.57. The summed E-state index contributed by atoms with van der Waals surface area (Å²) in [4.78, 5) is 4.05. The van der Waals surface area contributed by atoms with Gasteiger partial charge < -0.3 is 9.84 Å². The van der Waals surface area contributed by atoms with E-state index < -0.39 is 11.3 Å². The standard InChI is InChI=1S/C18H29N2O2/c1-8-16-10-11-17(9-2,20(6)13-19-5)18(21,22-7)15(4)14(3)12-16/h12-13,21H,3-4,6,8-11H2,1-2,5,7H3/q+1/b16-12+,19-13?. The molecule has 22 heavy (non-hydrogen) atoms. The highest BCUT2D eigenvalue weighted by atomic mass is 16.6. The maximum atomic E-state index is 11.3. The Labute approximate surface area is 134 Å². The van der Waals surface area contributed by atoms with Crippen LogP contribution in [0.4, 0.5) is 0 Å². The van der Waals surface area contributed by atoms with Gasteiger partial charge in [-0.05, 0) is 24.8 Å². The molecule has 0 saturated heterocycles. The zero-order valence-corrected chi connectivity index (χ0v) is 14.4. The van der Waals surface area contributed by atoms with Gasteiger partial charge in [-0.25, -0.2) is 4.58 Å². The fraction of sp³-hybridized carbons (Fsp3) is 0.556. The van der Waals surface area contributed by atoms with E-state index in [9.17, 15) is 5.11 Å². The van der Waals surface area contributed by atoms with Crippen molar-refractivity contribution >= 4 is 13.1 Å². The highest BCUT2D eigenvalue weighted by Gasteiger charge is 2.57. The molecule has 0 aromatic rings. The number of nitrogens with zero attached hydrogens (tertiary/aromatic N) is 2. The van der Waals surface area contributed by atoms with Crippen LogP contribution in [0.1, 0.15) is 39.5 Å². The Kier molecular flexibility index (Phi) is 6.03. The van der Waals surface area contributed by atoms with Gasteiger partial charge in [0.1, 0.15) is 7.05 Å². The average Bonchev–Trinajstić information content (AvgIpc) is 2.52. The Morgan fingerprint density at radius 3 is 2.55 bits per heavy atom. The lowest BCUT2D eigenvalue weighted by Crippen LogP contribution is -2.62. The molecule has 0 radical (unpaired) electrons. The van der Waals surface area contributed by atoms with E-state index in [1.54, 1.807) is 18.0 Å². The van der Waals surface area contributed by atoms with Crippen LogP contribution in [0.5, 0.6) is 0 Å². The van der Waals surface area contributed by atoms with E-state index in [1.165, 1.54) is 12.7 Å². The van der Waals surface area contributed by atoms with Crippen LogP contribution in [0.15, 0.2) is 40.9 Å². The number of allylic oxidation sites excluding steroid dienone is 2. The molecule has 0 amide bonds. The van der Waals surface area contributed by atoms with Crippen LogP contribution in [0.3, 0.4) is 0 Å². The number of ether oxygens (including phenoxy) is 1. The van der Waals surface area contributed by atoms with Crippen LogP contribution in [0.25, 0.3) is 0 Å². The van der Waals surface area contributed by atoms with Crippen molar-refractivity contribution in [1.29, 1.82) is 0 Å². The first kappa shape index (κ1) is 18.5. The SMILES string of the molecule is C=C1/C=C(\CC)CCC(CC)([N+](=C)C=NC)C(O)(OC)C1=C. The van der Waals surface area contributed by atoms with Crippen molar-refractivity contribution in [3.8, 4) is 0 Å². The first-order chi connectivity index (χ1) is 10.3. The number of aliphatic hydroxyl groups is 1. The molecule has 0 bridgehead atoms. The Hall–Kier alpha value is -1.52. The second-order valence-corrected chi connectivity index (χ2v) is 5.74. The van der Waals surface area contributed by atoms with E-state index in [-0.39, 0.29) is 0 Å². The van der Waals surface area contributed by atoms with Gasteiger partial charge in [-0.2, -0.15) is 0 Å². The molecule has 0 aromatic carbocycles. The minimum absolute atomic E-state index is 0.473. The number of methoxy groups -OCH3 is 1. The van der Waals surface area contributed by atoms with E-state index in [0.717, 1.165) is 12.8 Å². The first-order valence-electron chi connectivity index (χ1n) is 7.70. The predicted octanol–water partition coefficient (Wildman–Crippen LogP) is 3.08. The van der Waals surface area contributed by atoms with Gasteiger partial charge in [-0.1, -0.05) is 43.6 Å². The van der Waals surface area contributed by atoms with Crippen LogP contribution in [-0.2, 0) is 4.74 Å². The zero-order chi connectivity index (χ0) is 17.0. The molecule has 0 spiro atoms. The second kappa shape index (κ2) is 7.16. The summed E-state index contributed by atoms with van der Waals surface area (Å²) >= 11 is 0. The van der Waals surface area contributed by atoms with Crippen LogP contribution in [0, 0.1) is 0 Å². The van der Waals surface area contributed by atoms with Gasteiger partial charge in [-0.15, -0.1) is 0 Å². The third kappa shape index (κ3) is 2.85. The maximum Gasteiger partial charge on any atom is 0.279 e. The van der Waals surface area contributed by atoms with E-state index in [4.69, 9.17) is 4.74 Å². The Bertz CT molecular complexity index is 533. The zero-order valence-electron chi connectivity index (χ0n) is 14.4.